The molecule has 30 heavy (non-hydrogen) atoms. The summed E-state index contributed by atoms with van der Waals surface area (Å²) in [5.41, 5.74) is 0.283. The summed E-state index contributed by atoms with van der Waals surface area (Å²) in [4.78, 5) is 12.1. The Morgan fingerprint density at radius 3 is 2.27 bits per heavy atom. The molecule has 3 rings (SSSR count). The van der Waals surface area contributed by atoms with Crippen LogP contribution in [-0.2, 0) is 18.9 Å². The molecular weight excluding hydrogens is 404 g/mol. The van der Waals surface area contributed by atoms with Crippen molar-refractivity contribution in [2.75, 3.05) is 19.8 Å². The van der Waals surface area contributed by atoms with Crippen LogP contribution in [0.5, 0.6) is 0 Å². The Labute approximate surface area is 172 Å². The van der Waals surface area contributed by atoms with Crippen molar-refractivity contribution in [2.45, 2.75) is 55.1 Å². The van der Waals surface area contributed by atoms with Gasteiger partial charge in [0, 0.05) is 0 Å². The highest BCUT2D eigenvalue weighted by molar-refractivity contribution is 5.89. The number of hydrogen-bond donors (Lipinski definition) is 6. The van der Waals surface area contributed by atoms with Gasteiger partial charge < -0.3 is 49.6 Å². The second kappa shape index (κ2) is 10.1. The molecule has 2 aliphatic heterocycles. The van der Waals surface area contributed by atoms with Crippen molar-refractivity contribution < 1.29 is 54.4 Å². The number of aliphatic hydroxyl groups excluding tert-OH is 6. The molecule has 0 spiro atoms. The monoisotopic (exact) mass is 430 g/mol. The van der Waals surface area contributed by atoms with Gasteiger partial charge in [-0.25, -0.2) is 4.79 Å². The molecule has 0 unspecified atom stereocenters. The smallest absolute Gasteiger partial charge is 0.338 e. The topological polar surface area (TPSA) is 175 Å². The van der Waals surface area contributed by atoms with Crippen LogP contribution in [0.4, 0.5) is 0 Å². The lowest BCUT2D eigenvalue weighted by Gasteiger charge is -2.43. The highest BCUT2D eigenvalue weighted by Gasteiger charge is 2.48. The molecule has 0 aromatic heterocycles. The van der Waals surface area contributed by atoms with Crippen molar-refractivity contribution in [3.05, 3.63) is 35.9 Å². The first-order valence-electron chi connectivity index (χ1n) is 9.49. The van der Waals surface area contributed by atoms with Gasteiger partial charge in [-0.15, -0.1) is 0 Å². The second-order valence-corrected chi connectivity index (χ2v) is 7.19. The molecule has 0 radical (unpaired) electrons. The molecule has 0 amide bonds. The van der Waals surface area contributed by atoms with Gasteiger partial charge in [-0.1, -0.05) is 18.2 Å². The zero-order chi connectivity index (χ0) is 21.8. The van der Waals surface area contributed by atoms with Gasteiger partial charge in [0.2, 0.25) is 0 Å². The summed E-state index contributed by atoms with van der Waals surface area (Å²) in [5.74, 6) is -0.668. The van der Waals surface area contributed by atoms with Crippen LogP contribution < -0.4 is 0 Å². The molecular formula is C19H26O11. The van der Waals surface area contributed by atoms with E-state index in [4.69, 9.17) is 24.1 Å². The van der Waals surface area contributed by atoms with Crippen LogP contribution in [0.25, 0.3) is 0 Å². The third kappa shape index (κ3) is 4.97. The molecule has 0 bridgehead atoms. The molecule has 168 valence electrons. The van der Waals surface area contributed by atoms with E-state index < -0.39 is 74.3 Å². The zero-order valence-corrected chi connectivity index (χ0v) is 15.9. The number of carbonyl (C=O) groups excluding carboxylic acids is 1. The normalized spacial score (nSPS) is 39.5. The quantitative estimate of drug-likeness (QED) is 0.256. The van der Waals surface area contributed by atoms with Crippen molar-refractivity contribution >= 4 is 5.97 Å². The third-order valence-corrected chi connectivity index (χ3v) is 5.13. The molecule has 9 atom stereocenters. The second-order valence-electron chi connectivity index (χ2n) is 7.19. The van der Waals surface area contributed by atoms with E-state index in [1.165, 1.54) is 0 Å². The Bertz CT molecular complexity index is 686. The van der Waals surface area contributed by atoms with Crippen LogP contribution in [0.15, 0.2) is 30.3 Å². The minimum Gasteiger partial charge on any atom is -0.459 e. The van der Waals surface area contributed by atoms with E-state index in [1.807, 2.05) is 0 Å². The van der Waals surface area contributed by atoms with Gasteiger partial charge in [0.1, 0.15) is 55.4 Å². The highest BCUT2D eigenvalue weighted by atomic mass is 16.7. The molecule has 1 aromatic carbocycles. The highest BCUT2D eigenvalue weighted by Crippen LogP contribution is 2.26. The molecule has 2 aliphatic rings. The lowest BCUT2D eigenvalue weighted by Crippen LogP contribution is -2.62. The summed E-state index contributed by atoms with van der Waals surface area (Å²) < 4.78 is 21.2. The van der Waals surface area contributed by atoms with Crippen molar-refractivity contribution in [1.29, 1.82) is 0 Å². The van der Waals surface area contributed by atoms with Crippen LogP contribution in [0.1, 0.15) is 10.4 Å². The predicted molar refractivity (Wildman–Crippen MR) is 97.1 cm³/mol. The minimum absolute atomic E-state index is 0.220. The van der Waals surface area contributed by atoms with Gasteiger partial charge in [-0.3, -0.25) is 0 Å². The maximum Gasteiger partial charge on any atom is 0.338 e. The Balaban J connectivity index is 1.61. The number of rotatable bonds is 6. The van der Waals surface area contributed by atoms with Crippen LogP contribution in [0.2, 0.25) is 0 Å². The summed E-state index contributed by atoms with van der Waals surface area (Å²) in [6.45, 7) is -1.16. The lowest BCUT2D eigenvalue weighted by molar-refractivity contribution is -0.331. The molecule has 2 saturated heterocycles. The van der Waals surface area contributed by atoms with Gasteiger partial charge in [0.05, 0.1) is 18.8 Å². The number of carbonyl (C=O) groups is 1. The van der Waals surface area contributed by atoms with E-state index in [-0.39, 0.29) is 12.2 Å². The zero-order valence-electron chi connectivity index (χ0n) is 15.9. The summed E-state index contributed by atoms with van der Waals surface area (Å²) in [6.07, 6.45) is -12.7. The van der Waals surface area contributed by atoms with Gasteiger partial charge in [-0.05, 0) is 12.1 Å². The molecule has 1 aromatic rings. The minimum atomic E-state index is -1.68. The van der Waals surface area contributed by atoms with Gasteiger partial charge in [0.25, 0.3) is 0 Å². The summed E-state index contributed by atoms with van der Waals surface area (Å²) >= 11 is 0. The van der Waals surface area contributed by atoms with Crippen LogP contribution >= 0.6 is 0 Å². The molecule has 11 heteroatoms. The number of esters is 1. The summed E-state index contributed by atoms with van der Waals surface area (Å²) in [6, 6.07) is 8.12. The van der Waals surface area contributed by atoms with Crippen molar-refractivity contribution in [2.24, 2.45) is 0 Å². The fraction of sp³-hybridized carbons (Fsp3) is 0.632. The first-order valence-corrected chi connectivity index (χ1v) is 9.49. The first kappa shape index (κ1) is 23.0. The van der Waals surface area contributed by atoms with E-state index in [9.17, 15) is 30.3 Å². The number of hydrogen-bond acceptors (Lipinski definition) is 11. The Morgan fingerprint density at radius 2 is 1.60 bits per heavy atom. The van der Waals surface area contributed by atoms with Crippen molar-refractivity contribution in [3.8, 4) is 0 Å². The van der Waals surface area contributed by atoms with Crippen LogP contribution in [-0.4, -0.2) is 112 Å². The van der Waals surface area contributed by atoms with E-state index >= 15 is 0 Å². The molecule has 6 N–H and O–H groups in total. The third-order valence-electron chi connectivity index (χ3n) is 5.13. The fourth-order valence-corrected chi connectivity index (χ4v) is 3.29. The Morgan fingerprint density at radius 1 is 0.933 bits per heavy atom. The standard InChI is InChI=1S/C19H26O11/c20-6-10-13(21)14(22)11(7-27-10)29-19-17(25)16(24)15(23)12(30-19)8-28-18(26)9-4-2-1-3-5-9/h1-5,10-17,19-25H,6-8H2/t10-,11+,12-,13-,14-,15+,16+,17-,19+/m0/s1. The predicted octanol–water partition coefficient (Wildman–Crippen LogP) is -2.85. The van der Waals surface area contributed by atoms with Gasteiger partial charge in [0.15, 0.2) is 6.29 Å². The van der Waals surface area contributed by atoms with Crippen LogP contribution in [0, 0.1) is 0 Å². The van der Waals surface area contributed by atoms with E-state index in [0.717, 1.165) is 0 Å². The van der Waals surface area contributed by atoms with Gasteiger partial charge >= 0.3 is 5.97 Å². The number of aliphatic hydroxyl groups is 6. The molecule has 2 heterocycles. The molecule has 0 aliphatic carbocycles. The maximum absolute atomic E-state index is 12.1. The molecule has 2 fully saturated rings. The van der Waals surface area contributed by atoms with E-state index in [2.05, 4.69) is 0 Å². The van der Waals surface area contributed by atoms with E-state index in [0.29, 0.717) is 0 Å². The molecule has 0 saturated carbocycles. The number of ether oxygens (including phenoxy) is 4. The molecule has 11 nitrogen and oxygen atoms in total. The number of benzene rings is 1. The summed E-state index contributed by atoms with van der Waals surface area (Å²) in [5, 5.41) is 59.6. The van der Waals surface area contributed by atoms with Crippen molar-refractivity contribution in [3.63, 3.8) is 0 Å². The average molecular weight is 430 g/mol. The average Bonchev–Trinajstić information content (AvgIpc) is 2.76. The largest absolute Gasteiger partial charge is 0.459 e. The summed E-state index contributed by atoms with van der Waals surface area (Å²) in [7, 11) is 0. The Hall–Kier alpha value is -1.67. The Kier molecular flexibility index (Phi) is 7.74. The first-order chi connectivity index (χ1) is 14.3. The van der Waals surface area contributed by atoms with Crippen LogP contribution in [0.3, 0.4) is 0 Å². The fourth-order valence-electron chi connectivity index (χ4n) is 3.29. The van der Waals surface area contributed by atoms with E-state index in [1.54, 1.807) is 30.3 Å². The SMILES string of the molecule is O=C(OC[C@@H]1O[C@@H](O[C@@H]2CO[C@@H](CO)[C@H](O)[C@H]2O)[C@@H](O)[C@H](O)[C@@H]1O)c1ccccc1. The van der Waals surface area contributed by atoms with Crippen molar-refractivity contribution in [1.82, 2.24) is 0 Å². The maximum atomic E-state index is 12.1. The lowest BCUT2D eigenvalue weighted by atomic mass is 9.98. The van der Waals surface area contributed by atoms with Gasteiger partial charge in [-0.2, -0.15) is 0 Å².